The topological polar surface area (TPSA) is 49.5 Å². The highest BCUT2D eigenvalue weighted by molar-refractivity contribution is 5.34. The number of nitrogens with zero attached hydrogens (tertiary/aromatic N) is 1. The minimum Gasteiger partial charge on any atom is -0.508 e. The number of hydrogen-bond acceptors (Lipinski definition) is 3. The van der Waals surface area contributed by atoms with E-state index in [0.29, 0.717) is 18.3 Å². The Kier molecular flexibility index (Phi) is 3.69. The molecule has 0 aromatic heterocycles. The predicted octanol–water partition coefficient (Wildman–Crippen LogP) is 2.12. The molecule has 1 saturated carbocycles. The summed E-state index contributed by atoms with van der Waals surface area (Å²) in [4.78, 5) is 2.30. The number of phenols is 1. The fourth-order valence-electron chi connectivity index (χ4n) is 2.52. The standard InChI is InChI=1S/C14H22N2O/c1-10(12-5-3-4-6-14(12)17)16(2)13(9-15)11-7-8-11/h3-6,10-11,13,17H,7-9,15H2,1-2H3. The molecule has 3 N–H and O–H groups in total. The van der Waals surface area contributed by atoms with Crippen LogP contribution in [0.15, 0.2) is 24.3 Å². The van der Waals surface area contributed by atoms with E-state index in [1.54, 1.807) is 6.07 Å². The lowest BCUT2D eigenvalue weighted by Gasteiger charge is -2.33. The molecule has 17 heavy (non-hydrogen) atoms. The van der Waals surface area contributed by atoms with Crippen LogP contribution in [0.4, 0.5) is 0 Å². The van der Waals surface area contributed by atoms with Crippen LogP contribution in [0, 0.1) is 5.92 Å². The van der Waals surface area contributed by atoms with Crippen molar-refractivity contribution < 1.29 is 5.11 Å². The van der Waals surface area contributed by atoms with Gasteiger partial charge in [-0.25, -0.2) is 0 Å². The van der Waals surface area contributed by atoms with E-state index in [2.05, 4.69) is 18.9 Å². The zero-order valence-electron chi connectivity index (χ0n) is 10.6. The Bertz CT molecular complexity index is 376. The average Bonchev–Trinajstić information content (AvgIpc) is 3.14. The van der Waals surface area contributed by atoms with E-state index in [0.717, 1.165) is 11.5 Å². The van der Waals surface area contributed by atoms with E-state index in [9.17, 15) is 5.11 Å². The molecule has 3 nitrogen and oxygen atoms in total. The van der Waals surface area contributed by atoms with Crippen molar-refractivity contribution in [3.63, 3.8) is 0 Å². The number of aromatic hydroxyl groups is 1. The summed E-state index contributed by atoms with van der Waals surface area (Å²) in [6, 6.07) is 8.18. The number of hydrogen-bond donors (Lipinski definition) is 2. The Morgan fingerprint density at radius 1 is 1.41 bits per heavy atom. The second-order valence-corrected chi connectivity index (χ2v) is 5.04. The van der Waals surface area contributed by atoms with Gasteiger partial charge in [-0.05, 0) is 38.8 Å². The zero-order chi connectivity index (χ0) is 12.4. The van der Waals surface area contributed by atoms with Crippen LogP contribution in [0.2, 0.25) is 0 Å². The molecule has 0 saturated heterocycles. The van der Waals surface area contributed by atoms with Gasteiger partial charge in [-0.3, -0.25) is 4.90 Å². The average molecular weight is 234 g/mol. The van der Waals surface area contributed by atoms with Crippen LogP contribution in [0.1, 0.15) is 31.4 Å². The molecule has 3 heteroatoms. The van der Waals surface area contributed by atoms with Gasteiger partial charge >= 0.3 is 0 Å². The fraction of sp³-hybridized carbons (Fsp3) is 0.571. The number of nitrogens with two attached hydrogens (primary N) is 1. The van der Waals surface area contributed by atoms with Gasteiger partial charge in [-0.15, -0.1) is 0 Å². The molecule has 1 aromatic carbocycles. The largest absolute Gasteiger partial charge is 0.508 e. The first kappa shape index (κ1) is 12.4. The first-order valence-electron chi connectivity index (χ1n) is 6.35. The molecule has 2 rings (SSSR count). The van der Waals surface area contributed by atoms with E-state index in [4.69, 9.17) is 5.73 Å². The van der Waals surface area contributed by atoms with Crippen LogP contribution in [0.25, 0.3) is 0 Å². The van der Waals surface area contributed by atoms with Crippen LogP contribution >= 0.6 is 0 Å². The van der Waals surface area contributed by atoms with E-state index in [1.807, 2.05) is 18.2 Å². The van der Waals surface area contributed by atoms with Crippen molar-refractivity contribution in [3.05, 3.63) is 29.8 Å². The summed E-state index contributed by atoms with van der Waals surface area (Å²) >= 11 is 0. The van der Waals surface area contributed by atoms with Crippen LogP contribution in [-0.2, 0) is 0 Å². The lowest BCUT2D eigenvalue weighted by molar-refractivity contribution is 0.168. The number of para-hydroxylation sites is 1. The number of rotatable bonds is 5. The Hall–Kier alpha value is -1.06. The van der Waals surface area contributed by atoms with Crippen molar-refractivity contribution in [2.24, 2.45) is 11.7 Å². The van der Waals surface area contributed by atoms with Crippen molar-refractivity contribution in [1.29, 1.82) is 0 Å². The summed E-state index contributed by atoms with van der Waals surface area (Å²) in [5.74, 6) is 1.12. The maximum absolute atomic E-state index is 9.88. The second kappa shape index (κ2) is 5.07. The van der Waals surface area contributed by atoms with Crippen LogP contribution in [0.5, 0.6) is 5.75 Å². The summed E-state index contributed by atoms with van der Waals surface area (Å²) in [6.07, 6.45) is 2.58. The van der Waals surface area contributed by atoms with E-state index < -0.39 is 0 Å². The number of likely N-dealkylation sites (N-methyl/N-ethyl adjacent to an activating group) is 1. The van der Waals surface area contributed by atoms with E-state index >= 15 is 0 Å². The van der Waals surface area contributed by atoms with Gasteiger partial charge in [0.2, 0.25) is 0 Å². The highest BCUT2D eigenvalue weighted by Crippen LogP contribution is 2.38. The zero-order valence-corrected chi connectivity index (χ0v) is 10.6. The molecule has 1 aliphatic rings. The van der Waals surface area contributed by atoms with Gasteiger partial charge in [0, 0.05) is 24.2 Å². The molecule has 94 valence electrons. The highest BCUT2D eigenvalue weighted by Gasteiger charge is 2.35. The minimum absolute atomic E-state index is 0.199. The van der Waals surface area contributed by atoms with Crippen molar-refractivity contribution >= 4 is 0 Å². The summed E-state index contributed by atoms with van der Waals surface area (Å²) in [5.41, 5.74) is 6.85. The van der Waals surface area contributed by atoms with E-state index in [-0.39, 0.29) is 6.04 Å². The summed E-state index contributed by atoms with van der Waals surface area (Å²) in [7, 11) is 2.10. The van der Waals surface area contributed by atoms with Crippen molar-refractivity contribution in [2.45, 2.75) is 31.8 Å². The second-order valence-electron chi connectivity index (χ2n) is 5.04. The molecule has 2 unspecified atom stereocenters. The van der Waals surface area contributed by atoms with Crippen LogP contribution in [0.3, 0.4) is 0 Å². The van der Waals surface area contributed by atoms with Gasteiger partial charge in [0.05, 0.1) is 0 Å². The molecule has 0 amide bonds. The van der Waals surface area contributed by atoms with Crippen molar-refractivity contribution in [3.8, 4) is 5.75 Å². The third-order valence-corrected chi connectivity index (χ3v) is 3.93. The maximum Gasteiger partial charge on any atom is 0.120 e. The van der Waals surface area contributed by atoms with Gasteiger partial charge in [0.1, 0.15) is 5.75 Å². The van der Waals surface area contributed by atoms with Gasteiger partial charge in [0.25, 0.3) is 0 Å². The Labute approximate surface area is 103 Å². The monoisotopic (exact) mass is 234 g/mol. The molecule has 1 fully saturated rings. The van der Waals surface area contributed by atoms with Gasteiger partial charge < -0.3 is 10.8 Å². The van der Waals surface area contributed by atoms with Gasteiger partial charge in [-0.1, -0.05) is 18.2 Å². The molecular weight excluding hydrogens is 212 g/mol. The molecule has 0 radical (unpaired) electrons. The molecular formula is C14H22N2O. The first-order chi connectivity index (χ1) is 8.15. The smallest absolute Gasteiger partial charge is 0.120 e. The Morgan fingerprint density at radius 2 is 2.06 bits per heavy atom. The summed E-state index contributed by atoms with van der Waals surface area (Å²) < 4.78 is 0. The van der Waals surface area contributed by atoms with Crippen LogP contribution in [-0.4, -0.2) is 29.6 Å². The summed E-state index contributed by atoms with van der Waals surface area (Å²) in [5, 5.41) is 9.88. The fourth-order valence-corrected chi connectivity index (χ4v) is 2.52. The molecule has 0 bridgehead atoms. The lowest BCUT2D eigenvalue weighted by atomic mass is 10.0. The van der Waals surface area contributed by atoms with Gasteiger partial charge in [0.15, 0.2) is 0 Å². The molecule has 0 aliphatic heterocycles. The normalized spacial score (nSPS) is 19.3. The quantitative estimate of drug-likeness (QED) is 0.820. The number of phenolic OH excluding ortho intramolecular Hbond substituents is 1. The van der Waals surface area contributed by atoms with Crippen molar-refractivity contribution in [1.82, 2.24) is 4.90 Å². The number of benzene rings is 1. The molecule has 0 spiro atoms. The van der Waals surface area contributed by atoms with Gasteiger partial charge in [-0.2, -0.15) is 0 Å². The molecule has 1 aromatic rings. The van der Waals surface area contributed by atoms with Crippen LogP contribution < -0.4 is 5.73 Å². The van der Waals surface area contributed by atoms with Crippen molar-refractivity contribution in [2.75, 3.05) is 13.6 Å². The Morgan fingerprint density at radius 3 is 2.59 bits per heavy atom. The molecule has 0 heterocycles. The first-order valence-corrected chi connectivity index (χ1v) is 6.35. The summed E-state index contributed by atoms with van der Waals surface area (Å²) in [6.45, 7) is 2.82. The third-order valence-electron chi connectivity index (χ3n) is 3.93. The Balaban J connectivity index is 2.13. The third kappa shape index (κ3) is 2.61. The molecule has 2 atom stereocenters. The molecule has 1 aliphatic carbocycles. The predicted molar refractivity (Wildman–Crippen MR) is 69.9 cm³/mol. The SMILES string of the molecule is CC(c1ccccc1O)N(C)C(CN)C1CC1. The van der Waals surface area contributed by atoms with E-state index in [1.165, 1.54) is 12.8 Å². The highest BCUT2D eigenvalue weighted by atomic mass is 16.3. The lowest BCUT2D eigenvalue weighted by Crippen LogP contribution is -2.41. The minimum atomic E-state index is 0.199. The maximum atomic E-state index is 9.88.